The maximum Gasteiger partial charge on any atom is 0.276 e. The Morgan fingerprint density at radius 3 is 2.21 bits per heavy atom. The first-order valence-electron chi connectivity index (χ1n) is 8.96. The van der Waals surface area contributed by atoms with Crippen molar-refractivity contribution in [2.45, 2.75) is 33.1 Å². The van der Waals surface area contributed by atoms with Gasteiger partial charge in [0.1, 0.15) is 5.75 Å². The Balaban J connectivity index is 1.84. The number of hydrogen-bond donors (Lipinski definition) is 3. The molecule has 0 bridgehead atoms. The Bertz CT molecular complexity index is 905. The Kier molecular flexibility index (Phi) is 7.39. The molecule has 0 heterocycles. The maximum atomic E-state index is 12.1. The molecule has 0 atom stereocenters. The van der Waals surface area contributed by atoms with E-state index in [1.165, 1.54) is 19.1 Å². The number of amides is 3. The normalized spacial score (nSPS) is 10.8. The van der Waals surface area contributed by atoms with Gasteiger partial charge in [-0.1, -0.05) is 26.8 Å². The molecule has 2 rings (SSSR count). The molecule has 0 aliphatic heterocycles. The van der Waals surface area contributed by atoms with Gasteiger partial charge in [0.25, 0.3) is 11.8 Å². The highest BCUT2D eigenvalue weighted by atomic mass is 79.9. The van der Waals surface area contributed by atoms with Crippen LogP contribution in [0.3, 0.4) is 0 Å². The van der Waals surface area contributed by atoms with Crippen molar-refractivity contribution in [2.75, 3.05) is 11.9 Å². The number of rotatable bonds is 5. The first-order chi connectivity index (χ1) is 13.6. The highest BCUT2D eigenvalue weighted by Crippen LogP contribution is 2.31. The fourth-order valence-corrected chi connectivity index (χ4v) is 2.86. The third-order valence-electron chi connectivity index (χ3n) is 3.94. The van der Waals surface area contributed by atoms with Crippen LogP contribution in [-0.2, 0) is 15.0 Å². The summed E-state index contributed by atoms with van der Waals surface area (Å²) in [4.78, 5) is 35.0. The van der Waals surface area contributed by atoms with Gasteiger partial charge in [0.15, 0.2) is 6.61 Å². The van der Waals surface area contributed by atoms with Crippen molar-refractivity contribution < 1.29 is 19.1 Å². The largest absolute Gasteiger partial charge is 0.483 e. The van der Waals surface area contributed by atoms with Crippen LogP contribution in [0.25, 0.3) is 0 Å². The number of carbonyl (C=O) groups excluding carboxylic acids is 3. The number of anilines is 1. The van der Waals surface area contributed by atoms with E-state index in [1.807, 2.05) is 12.1 Å². The summed E-state index contributed by atoms with van der Waals surface area (Å²) in [7, 11) is 0. The zero-order valence-corrected chi connectivity index (χ0v) is 18.3. The molecule has 0 aliphatic rings. The minimum Gasteiger partial charge on any atom is -0.483 e. The van der Waals surface area contributed by atoms with Crippen LogP contribution < -0.4 is 20.9 Å². The Morgan fingerprint density at radius 2 is 1.66 bits per heavy atom. The van der Waals surface area contributed by atoms with Gasteiger partial charge in [-0.05, 0) is 63.3 Å². The van der Waals surface area contributed by atoms with E-state index in [0.717, 1.165) is 10.0 Å². The number of hydrogen-bond acceptors (Lipinski definition) is 4. The van der Waals surface area contributed by atoms with Crippen molar-refractivity contribution in [1.29, 1.82) is 0 Å². The monoisotopic (exact) mass is 461 g/mol. The second-order valence-electron chi connectivity index (χ2n) is 7.44. The summed E-state index contributed by atoms with van der Waals surface area (Å²) < 4.78 is 6.26. The van der Waals surface area contributed by atoms with Crippen LogP contribution in [0.15, 0.2) is 46.9 Å². The molecule has 2 aromatic carbocycles. The topological polar surface area (TPSA) is 96.5 Å². The first kappa shape index (κ1) is 22.4. The highest BCUT2D eigenvalue weighted by Gasteiger charge is 2.16. The molecule has 0 aromatic heterocycles. The van der Waals surface area contributed by atoms with E-state index < -0.39 is 11.8 Å². The van der Waals surface area contributed by atoms with Gasteiger partial charge in [-0.3, -0.25) is 25.2 Å². The van der Waals surface area contributed by atoms with E-state index in [0.29, 0.717) is 17.0 Å². The molecule has 2 aromatic rings. The average Bonchev–Trinajstić information content (AvgIpc) is 2.64. The van der Waals surface area contributed by atoms with Gasteiger partial charge < -0.3 is 10.1 Å². The molecule has 3 N–H and O–H groups in total. The van der Waals surface area contributed by atoms with Gasteiger partial charge in [-0.15, -0.1) is 0 Å². The van der Waals surface area contributed by atoms with Gasteiger partial charge in [-0.25, -0.2) is 0 Å². The minimum absolute atomic E-state index is 0.00302. The number of benzene rings is 2. The molecular weight excluding hydrogens is 438 g/mol. The molecule has 0 saturated carbocycles. The van der Waals surface area contributed by atoms with E-state index in [1.54, 1.807) is 18.2 Å². The predicted molar refractivity (Wildman–Crippen MR) is 115 cm³/mol. The van der Waals surface area contributed by atoms with Gasteiger partial charge in [0.05, 0.1) is 4.47 Å². The molecule has 0 radical (unpaired) electrons. The standard InChI is InChI=1S/C21H24BrN3O4/c1-13(26)23-16-8-5-14(6-9-16)20(28)25-24-19(27)12-29-18-10-7-15(11-17(18)22)21(2,3)4/h5-11H,12H2,1-4H3,(H,23,26)(H,24,27)(H,25,28). The summed E-state index contributed by atoms with van der Waals surface area (Å²) in [6, 6.07) is 12.0. The Hall–Kier alpha value is -2.87. The molecule has 8 heteroatoms. The first-order valence-corrected chi connectivity index (χ1v) is 9.75. The minimum atomic E-state index is -0.500. The van der Waals surface area contributed by atoms with Crippen molar-refractivity contribution in [3.05, 3.63) is 58.1 Å². The van der Waals surface area contributed by atoms with Crippen LogP contribution in [0.1, 0.15) is 43.6 Å². The van der Waals surface area contributed by atoms with Crippen LogP contribution in [-0.4, -0.2) is 24.3 Å². The summed E-state index contributed by atoms with van der Waals surface area (Å²) >= 11 is 3.45. The van der Waals surface area contributed by atoms with Crippen molar-refractivity contribution in [1.82, 2.24) is 10.9 Å². The summed E-state index contributed by atoms with van der Waals surface area (Å²) in [5.74, 6) is -0.648. The van der Waals surface area contributed by atoms with E-state index in [-0.39, 0.29) is 17.9 Å². The third-order valence-corrected chi connectivity index (χ3v) is 4.56. The second kappa shape index (κ2) is 9.56. The van der Waals surface area contributed by atoms with E-state index in [9.17, 15) is 14.4 Å². The van der Waals surface area contributed by atoms with Crippen LogP contribution in [0.2, 0.25) is 0 Å². The fourth-order valence-electron chi connectivity index (χ4n) is 2.37. The van der Waals surface area contributed by atoms with Gasteiger partial charge in [0.2, 0.25) is 5.91 Å². The molecule has 29 heavy (non-hydrogen) atoms. The quantitative estimate of drug-likeness (QED) is 0.593. The summed E-state index contributed by atoms with van der Waals surface area (Å²) in [5, 5.41) is 2.61. The van der Waals surface area contributed by atoms with Gasteiger partial charge in [0, 0.05) is 18.2 Å². The molecule has 0 unspecified atom stereocenters. The fraction of sp³-hybridized carbons (Fsp3) is 0.286. The smallest absolute Gasteiger partial charge is 0.276 e. The second-order valence-corrected chi connectivity index (χ2v) is 8.30. The summed E-state index contributed by atoms with van der Waals surface area (Å²) in [6.45, 7) is 7.47. The average molecular weight is 462 g/mol. The molecule has 154 valence electrons. The van der Waals surface area contributed by atoms with Crippen molar-refractivity contribution in [2.24, 2.45) is 0 Å². The Morgan fingerprint density at radius 1 is 1.00 bits per heavy atom. The molecule has 0 spiro atoms. The zero-order valence-electron chi connectivity index (χ0n) is 16.8. The molecule has 3 amide bonds. The number of carbonyl (C=O) groups is 3. The number of nitrogens with one attached hydrogen (secondary N) is 3. The number of ether oxygens (including phenoxy) is 1. The lowest BCUT2D eigenvalue weighted by Crippen LogP contribution is -2.43. The highest BCUT2D eigenvalue weighted by molar-refractivity contribution is 9.10. The van der Waals surface area contributed by atoms with E-state index in [2.05, 4.69) is 52.9 Å². The van der Waals surface area contributed by atoms with Crippen LogP contribution >= 0.6 is 15.9 Å². The lowest BCUT2D eigenvalue weighted by atomic mass is 9.87. The lowest BCUT2D eigenvalue weighted by Gasteiger charge is -2.20. The Labute approximate surface area is 178 Å². The molecule has 0 saturated heterocycles. The van der Waals surface area contributed by atoms with Gasteiger partial charge >= 0.3 is 0 Å². The lowest BCUT2D eigenvalue weighted by molar-refractivity contribution is -0.123. The maximum absolute atomic E-state index is 12.1. The van der Waals surface area contributed by atoms with E-state index in [4.69, 9.17) is 4.74 Å². The third kappa shape index (κ3) is 6.90. The molecule has 0 aliphatic carbocycles. The van der Waals surface area contributed by atoms with Gasteiger partial charge in [-0.2, -0.15) is 0 Å². The predicted octanol–water partition coefficient (Wildman–Crippen LogP) is 3.55. The summed E-state index contributed by atoms with van der Waals surface area (Å²) in [6.07, 6.45) is 0. The SMILES string of the molecule is CC(=O)Nc1ccc(C(=O)NNC(=O)COc2ccc(C(C)(C)C)cc2Br)cc1. The number of hydrazine groups is 1. The molecule has 0 fully saturated rings. The zero-order chi connectivity index (χ0) is 21.6. The van der Waals surface area contributed by atoms with Crippen molar-refractivity contribution in [3.63, 3.8) is 0 Å². The molecule has 7 nitrogen and oxygen atoms in total. The van der Waals surface area contributed by atoms with Crippen molar-refractivity contribution in [3.8, 4) is 5.75 Å². The number of halogens is 1. The van der Waals surface area contributed by atoms with Crippen LogP contribution in [0.5, 0.6) is 5.75 Å². The summed E-state index contributed by atoms with van der Waals surface area (Å²) in [5.41, 5.74) is 6.68. The van der Waals surface area contributed by atoms with Crippen LogP contribution in [0.4, 0.5) is 5.69 Å². The van der Waals surface area contributed by atoms with Crippen molar-refractivity contribution >= 4 is 39.3 Å². The van der Waals surface area contributed by atoms with E-state index >= 15 is 0 Å². The molecular formula is C21H24BrN3O4. The van der Waals surface area contributed by atoms with Crippen LogP contribution in [0, 0.1) is 0 Å².